The lowest BCUT2D eigenvalue weighted by atomic mass is 10.3. The molecule has 1 aliphatic rings. The molecule has 0 aromatic rings. The van der Waals surface area contributed by atoms with Crippen molar-refractivity contribution in [3.05, 3.63) is 0 Å². The second-order valence-corrected chi connectivity index (χ2v) is 4.87. The molecular weight excluding hydrogens is 166 g/mol. The predicted octanol–water partition coefficient (Wildman–Crippen LogP) is -0.333. The predicted molar refractivity (Wildman–Crippen MR) is 41.8 cm³/mol. The van der Waals surface area contributed by atoms with Crippen molar-refractivity contribution in [2.24, 2.45) is 0 Å². The third-order valence-corrected chi connectivity index (χ3v) is 3.90. The maximum atomic E-state index is 11.2. The van der Waals surface area contributed by atoms with Crippen LogP contribution in [-0.2, 0) is 14.8 Å². The van der Waals surface area contributed by atoms with E-state index in [0.29, 0.717) is 6.54 Å². The fraction of sp³-hybridized carbons (Fsp3) is 1.00. The van der Waals surface area contributed by atoms with Gasteiger partial charge in [-0.2, -0.15) is 0 Å². The highest BCUT2D eigenvalue weighted by molar-refractivity contribution is 7.89. The summed E-state index contributed by atoms with van der Waals surface area (Å²) in [4.78, 5) is 0. The molecule has 4 nitrogen and oxygen atoms in total. The third-order valence-electron chi connectivity index (χ3n) is 1.97. The second-order valence-electron chi connectivity index (χ2n) is 2.75. The van der Waals surface area contributed by atoms with Crippen molar-refractivity contribution >= 4 is 10.0 Å². The summed E-state index contributed by atoms with van der Waals surface area (Å²) in [6.45, 7) is 0.570. The topological polar surface area (TPSA) is 46.6 Å². The van der Waals surface area contributed by atoms with Crippen LogP contribution >= 0.6 is 0 Å². The monoisotopic (exact) mass is 179 g/mol. The SMILES string of the molecule is COC1CCN(C)S(=O)(=O)C1. The first-order valence-electron chi connectivity index (χ1n) is 3.53. The van der Waals surface area contributed by atoms with E-state index in [0.717, 1.165) is 6.42 Å². The summed E-state index contributed by atoms with van der Waals surface area (Å²) < 4.78 is 28.7. The molecule has 0 spiro atoms. The van der Waals surface area contributed by atoms with E-state index in [2.05, 4.69) is 0 Å². The first-order valence-corrected chi connectivity index (χ1v) is 5.14. The Morgan fingerprint density at radius 3 is 2.64 bits per heavy atom. The molecule has 0 radical (unpaired) electrons. The normalized spacial score (nSPS) is 32.0. The Morgan fingerprint density at radius 1 is 1.55 bits per heavy atom. The molecular formula is C6H13NO3S. The summed E-state index contributed by atoms with van der Waals surface area (Å²) in [7, 11) is 0.131. The van der Waals surface area contributed by atoms with Gasteiger partial charge in [0.05, 0.1) is 11.9 Å². The van der Waals surface area contributed by atoms with Crippen LogP contribution in [0, 0.1) is 0 Å². The molecule has 0 N–H and O–H groups in total. The first-order chi connectivity index (χ1) is 5.06. The number of sulfonamides is 1. The van der Waals surface area contributed by atoms with Gasteiger partial charge < -0.3 is 4.74 Å². The zero-order valence-electron chi connectivity index (χ0n) is 6.78. The van der Waals surface area contributed by atoms with Crippen LogP contribution in [0.1, 0.15) is 6.42 Å². The summed E-state index contributed by atoms with van der Waals surface area (Å²) in [5.74, 6) is 0.125. The lowest BCUT2D eigenvalue weighted by Gasteiger charge is -2.27. The van der Waals surface area contributed by atoms with Gasteiger partial charge in [-0.05, 0) is 6.42 Å². The van der Waals surface area contributed by atoms with Gasteiger partial charge in [-0.25, -0.2) is 12.7 Å². The van der Waals surface area contributed by atoms with Crippen molar-refractivity contribution in [1.82, 2.24) is 4.31 Å². The van der Waals surface area contributed by atoms with E-state index in [1.165, 1.54) is 4.31 Å². The Hall–Kier alpha value is -0.130. The molecule has 5 heteroatoms. The van der Waals surface area contributed by atoms with Crippen LogP contribution in [0.2, 0.25) is 0 Å². The molecule has 1 saturated heterocycles. The van der Waals surface area contributed by atoms with Gasteiger partial charge in [0.25, 0.3) is 0 Å². The Bertz CT molecular complexity index is 224. The van der Waals surface area contributed by atoms with Gasteiger partial charge in [0.1, 0.15) is 0 Å². The van der Waals surface area contributed by atoms with E-state index < -0.39 is 10.0 Å². The summed E-state index contributed by atoms with van der Waals surface area (Å²) in [6.07, 6.45) is 0.683. The number of methoxy groups -OCH3 is 1. The van der Waals surface area contributed by atoms with Crippen molar-refractivity contribution in [3.63, 3.8) is 0 Å². The largest absolute Gasteiger partial charge is 0.380 e. The van der Waals surface area contributed by atoms with Gasteiger partial charge >= 0.3 is 0 Å². The van der Waals surface area contributed by atoms with E-state index in [-0.39, 0.29) is 11.9 Å². The number of nitrogens with zero attached hydrogens (tertiary/aromatic N) is 1. The van der Waals surface area contributed by atoms with Crippen molar-refractivity contribution < 1.29 is 13.2 Å². The number of ether oxygens (including phenoxy) is 1. The van der Waals surface area contributed by atoms with Crippen LogP contribution in [0.25, 0.3) is 0 Å². The molecule has 0 bridgehead atoms. The molecule has 1 aliphatic heterocycles. The smallest absolute Gasteiger partial charge is 0.216 e. The fourth-order valence-corrected chi connectivity index (χ4v) is 2.51. The quantitative estimate of drug-likeness (QED) is 0.553. The molecule has 1 fully saturated rings. The van der Waals surface area contributed by atoms with Crippen molar-refractivity contribution in [2.45, 2.75) is 12.5 Å². The van der Waals surface area contributed by atoms with E-state index in [1.807, 2.05) is 0 Å². The highest BCUT2D eigenvalue weighted by Crippen LogP contribution is 2.13. The molecule has 0 amide bonds. The average Bonchev–Trinajstić information content (AvgIpc) is 1.95. The Kier molecular flexibility index (Phi) is 2.51. The Labute approximate surface area is 67.2 Å². The third kappa shape index (κ3) is 1.91. The molecule has 0 aromatic heterocycles. The molecule has 1 heterocycles. The zero-order valence-corrected chi connectivity index (χ0v) is 7.60. The summed E-state index contributed by atoms with van der Waals surface area (Å²) >= 11 is 0. The highest BCUT2D eigenvalue weighted by Gasteiger charge is 2.28. The lowest BCUT2D eigenvalue weighted by Crippen LogP contribution is -2.42. The minimum atomic E-state index is -3.01. The molecule has 1 rings (SSSR count). The Morgan fingerprint density at radius 2 is 2.18 bits per heavy atom. The van der Waals surface area contributed by atoms with E-state index in [9.17, 15) is 8.42 Å². The Balaban J connectivity index is 2.67. The first kappa shape index (κ1) is 8.96. The van der Waals surface area contributed by atoms with Crippen molar-refractivity contribution in [3.8, 4) is 0 Å². The molecule has 1 atom stereocenters. The maximum Gasteiger partial charge on any atom is 0.216 e. The van der Waals surface area contributed by atoms with Crippen LogP contribution < -0.4 is 0 Å². The van der Waals surface area contributed by atoms with Crippen LogP contribution in [0.15, 0.2) is 0 Å². The lowest BCUT2D eigenvalue weighted by molar-refractivity contribution is 0.101. The second kappa shape index (κ2) is 3.08. The van der Waals surface area contributed by atoms with Crippen LogP contribution in [0.4, 0.5) is 0 Å². The number of hydrogen-bond donors (Lipinski definition) is 0. The van der Waals surface area contributed by atoms with Crippen LogP contribution in [0.5, 0.6) is 0 Å². The van der Waals surface area contributed by atoms with Gasteiger partial charge in [-0.15, -0.1) is 0 Å². The van der Waals surface area contributed by atoms with E-state index in [4.69, 9.17) is 4.74 Å². The summed E-state index contributed by atoms with van der Waals surface area (Å²) in [5.41, 5.74) is 0. The highest BCUT2D eigenvalue weighted by atomic mass is 32.2. The van der Waals surface area contributed by atoms with Gasteiger partial charge in [0.15, 0.2) is 0 Å². The van der Waals surface area contributed by atoms with Gasteiger partial charge in [0.2, 0.25) is 10.0 Å². The average molecular weight is 179 g/mol. The molecule has 1 unspecified atom stereocenters. The fourth-order valence-electron chi connectivity index (χ4n) is 1.10. The molecule has 66 valence electrons. The van der Waals surface area contributed by atoms with Crippen LogP contribution in [0.3, 0.4) is 0 Å². The number of rotatable bonds is 1. The maximum absolute atomic E-state index is 11.2. The van der Waals surface area contributed by atoms with E-state index >= 15 is 0 Å². The minimum absolute atomic E-state index is 0.115. The van der Waals surface area contributed by atoms with Crippen LogP contribution in [-0.4, -0.2) is 45.3 Å². The molecule has 11 heavy (non-hydrogen) atoms. The zero-order chi connectivity index (χ0) is 8.48. The summed E-state index contributed by atoms with van der Waals surface area (Å²) in [5, 5.41) is 0. The molecule has 0 aliphatic carbocycles. The van der Waals surface area contributed by atoms with Gasteiger partial charge in [-0.1, -0.05) is 0 Å². The number of hydrogen-bond acceptors (Lipinski definition) is 3. The van der Waals surface area contributed by atoms with Gasteiger partial charge in [-0.3, -0.25) is 0 Å². The molecule has 0 saturated carbocycles. The summed E-state index contributed by atoms with van der Waals surface area (Å²) in [6, 6.07) is 0. The van der Waals surface area contributed by atoms with Crippen molar-refractivity contribution in [1.29, 1.82) is 0 Å². The minimum Gasteiger partial charge on any atom is -0.380 e. The van der Waals surface area contributed by atoms with E-state index in [1.54, 1.807) is 14.2 Å². The molecule has 0 aromatic carbocycles. The van der Waals surface area contributed by atoms with Crippen molar-refractivity contribution in [2.75, 3.05) is 26.5 Å². The van der Waals surface area contributed by atoms with Gasteiger partial charge in [0, 0.05) is 20.7 Å². The standard InChI is InChI=1S/C6H13NO3S/c1-7-4-3-6(10-2)5-11(7,8)9/h6H,3-5H2,1-2H3.